The van der Waals surface area contributed by atoms with Crippen molar-refractivity contribution in [1.29, 1.82) is 0 Å². The second kappa shape index (κ2) is 6.60. The Kier molecular flexibility index (Phi) is 4.22. The quantitative estimate of drug-likeness (QED) is 0.831. The van der Waals surface area contributed by atoms with E-state index >= 15 is 0 Å². The Morgan fingerprint density at radius 2 is 1.89 bits per heavy atom. The largest absolute Gasteiger partial charge is 0.322 e. The number of hydrogen-bond acceptors (Lipinski definition) is 3. The number of amides is 3. The van der Waals surface area contributed by atoms with Crippen molar-refractivity contribution in [3.63, 3.8) is 0 Å². The average molecular weight is 379 g/mol. The number of fused-ring (bicyclic) bond motifs is 3. The number of para-hydroxylation sites is 1. The molecule has 0 aromatic heterocycles. The molecule has 2 aromatic carbocycles. The molecule has 3 amide bonds. The number of nitrogens with one attached hydrogen (secondary N) is 1. The first-order valence-corrected chi connectivity index (χ1v) is 8.91. The fraction of sp³-hybridized carbons (Fsp3) is 0.190. The maximum Gasteiger partial charge on any atom is 0.271 e. The predicted molar refractivity (Wildman–Crippen MR) is 102 cm³/mol. The van der Waals surface area contributed by atoms with Crippen LogP contribution in [-0.4, -0.2) is 34.8 Å². The summed E-state index contributed by atoms with van der Waals surface area (Å²) in [4.78, 5) is 42.1. The average Bonchev–Trinajstić information content (AvgIpc) is 3.05. The van der Waals surface area contributed by atoms with Gasteiger partial charge in [0.05, 0.1) is 11.3 Å². The van der Waals surface area contributed by atoms with Crippen molar-refractivity contribution < 1.29 is 18.8 Å². The first-order chi connectivity index (χ1) is 13.5. The Bertz CT molecular complexity index is 989. The Balaban J connectivity index is 1.84. The zero-order chi connectivity index (χ0) is 19.9. The molecule has 1 N–H and O–H groups in total. The SMILES string of the molecule is C=CCN1C(=O)c2ccccc2N2C(=O)CC[C@]12C(=O)Nc1ccc(F)cc1. The maximum absolute atomic E-state index is 13.4. The van der Waals surface area contributed by atoms with E-state index < -0.39 is 17.4 Å². The van der Waals surface area contributed by atoms with Crippen LogP contribution in [0.15, 0.2) is 61.2 Å². The Morgan fingerprint density at radius 1 is 1.18 bits per heavy atom. The number of rotatable bonds is 4. The van der Waals surface area contributed by atoms with Crippen molar-refractivity contribution in [2.45, 2.75) is 18.5 Å². The van der Waals surface area contributed by atoms with Gasteiger partial charge in [-0.15, -0.1) is 6.58 Å². The maximum atomic E-state index is 13.4. The van der Waals surface area contributed by atoms with Gasteiger partial charge in [0.1, 0.15) is 5.82 Å². The summed E-state index contributed by atoms with van der Waals surface area (Å²) < 4.78 is 13.2. The summed E-state index contributed by atoms with van der Waals surface area (Å²) in [6, 6.07) is 12.1. The molecule has 28 heavy (non-hydrogen) atoms. The van der Waals surface area contributed by atoms with Gasteiger partial charge in [-0.1, -0.05) is 18.2 Å². The normalized spacial score (nSPS) is 20.6. The second-order valence-electron chi connectivity index (χ2n) is 6.73. The Hall–Kier alpha value is -3.48. The van der Waals surface area contributed by atoms with Crippen LogP contribution in [0.25, 0.3) is 0 Å². The van der Waals surface area contributed by atoms with Crippen LogP contribution in [-0.2, 0) is 9.59 Å². The highest BCUT2D eigenvalue weighted by atomic mass is 19.1. The number of halogens is 1. The number of benzene rings is 2. The summed E-state index contributed by atoms with van der Waals surface area (Å²) >= 11 is 0. The minimum absolute atomic E-state index is 0.105. The third kappa shape index (κ3) is 2.51. The van der Waals surface area contributed by atoms with Crippen LogP contribution in [0.4, 0.5) is 15.8 Å². The molecule has 1 fully saturated rings. The fourth-order valence-electron chi connectivity index (χ4n) is 3.93. The minimum atomic E-state index is -1.49. The van der Waals surface area contributed by atoms with Crippen LogP contribution in [0, 0.1) is 5.82 Å². The van der Waals surface area contributed by atoms with E-state index in [1.165, 1.54) is 40.1 Å². The van der Waals surface area contributed by atoms with Crippen molar-refractivity contribution >= 4 is 29.1 Å². The summed E-state index contributed by atoms with van der Waals surface area (Å²) in [5.41, 5.74) is -0.329. The summed E-state index contributed by atoms with van der Waals surface area (Å²) in [7, 11) is 0. The molecule has 2 aliphatic rings. The summed E-state index contributed by atoms with van der Waals surface area (Å²) in [6.07, 6.45) is 1.82. The van der Waals surface area contributed by atoms with Crippen molar-refractivity contribution in [3.8, 4) is 0 Å². The van der Waals surface area contributed by atoms with E-state index in [1.54, 1.807) is 24.3 Å². The number of nitrogens with zero attached hydrogens (tertiary/aromatic N) is 2. The second-order valence-corrected chi connectivity index (χ2v) is 6.73. The molecular formula is C21H18FN3O3. The third-order valence-electron chi connectivity index (χ3n) is 5.15. The van der Waals surface area contributed by atoms with Crippen LogP contribution < -0.4 is 10.2 Å². The highest BCUT2D eigenvalue weighted by molar-refractivity contribution is 6.18. The van der Waals surface area contributed by atoms with E-state index in [4.69, 9.17) is 0 Å². The number of anilines is 2. The first-order valence-electron chi connectivity index (χ1n) is 8.91. The van der Waals surface area contributed by atoms with Gasteiger partial charge in [-0.2, -0.15) is 0 Å². The van der Waals surface area contributed by atoms with Gasteiger partial charge in [-0.3, -0.25) is 19.3 Å². The molecule has 2 aliphatic heterocycles. The van der Waals surface area contributed by atoms with Crippen molar-refractivity contribution in [2.24, 2.45) is 0 Å². The first kappa shape index (κ1) is 17.9. The van der Waals surface area contributed by atoms with E-state index in [2.05, 4.69) is 11.9 Å². The molecule has 1 atom stereocenters. The van der Waals surface area contributed by atoms with Crippen LogP contribution in [0.1, 0.15) is 23.2 Å². The minimum Gasteiger partial charge on any atom is -0.322 e. The van der Waals surface area contributed by atoms with E-state index in [1.807, 2.05) is 0 Å². The van der Waals surface area contributed by atoms with E-state index in [0.717, 1.165) is 0 Å². The molecule has 1 saturated heterocycles. The molecular weight excluding hydrogens is 361 g/mol. The number of carbonyl (C=O) groups excluding carboxylic acids is 3. The van der Waals surface area contributed by atoms with Gasteiger partial charge in [0, 0.05) is 25.1 Å². The predicted octanol–water partition coefficient (Wildman–Crippen LogP) is 2.93. The lowest BCUT2D eigenvalue weighted by Gasteiger charge is -2.48. The van der Waals surface area contributed by atoms with Crippen LogP contribution >= 0.6 is 0 Å². The lowest BCUT2D eigenvalue weighted by molar-refractivity contribution is -0.128. The molecule has 6 nitrogen and oxygen atoms in total. The standard InChI is InChI=1S/C21H18FN3O3/c1-2-13-24-19(27)16-5-3-4-6-17(16)25-18(26)11-12-21(24,25)20(28)23-15-9-7-14(22)8-10-15/h2-10H,1,11-13H2,(H,23,28)/t21-/m0/s1. The van der Waals surface area contributed by atoms with Crippen molar-refractivity contribution in [3.05, 3.63) is 72.6 Å². The number of hydrogen-bond donors (Lipinski definition) is 1. The molecule has 0 radical (unpaired) electrons. The van der Waals surface area contributed by atoms with Gasteiger partial charge in [-0.25, -0.2) is 4.39 Å². The Labute approximate surface area is 161 Å². The molecule has 0 aliphatic carbocycles. The van der Waals surface area contributed by atoms with Crippen LogP contribution in [0.3, 0.4) is 0 Å². The molecule has 0 spiro atoms. The zero-order valence-electron chi connectivity index (χ0n) is 15.0. The van der Waals surface area contributed by atoms with E-state index in [0.29, 0.717) is 16.9 Å². The summed E-state index contributed by atoms with van der Waals surface area (Å²) in [5.74, 6) is -1.52. The number of carbonyl (C=O) groups is 3. The molecule has 0 unspecified atom stereocenters. The highest BCUT2D eigenvalue weighted by Gasteiger charge is 2.60. The van der Waals surface area contributed by atoms with Crippen molar-refractivity contribution in [1.82, 2.24) is 4.90 Å². The zero-order valence-corrected chi connectivity index (χ0v) is 15.0. The molecule has 2 aromatic rings. The monoisotopic (exact) mass is 379 g/mol. The molecule has 142 valence electrons. The molecule has 2 heterocycles. The van der Waals surface area contributed by atoms with Gasteiger partial charge in [-0.05, 0) is 36.4 Å². The highest BCUT2D eigenvalue weighted by Crippen LogP contribution is 2.44. The van der Waals surface area contributed by atoms with Gasteiger partial charge in [0.2, 0.25) is 11.6 Å². The topological polar surface area (TPSA) is 69.7 Å². The molecule has 0 bridgehead atoms. The van der Waals surface area contributed by atoms with Gasteiger partial charge >= 0.3 is 0 Å². The molecule has 7 heteroatoms. The summed E-state index contributed by atoms with van der Waals surface area (Å²) in [6.45, 7) is 3.80. The van der Waals surface area contributed by atoms with Crippen molar-refractivity contribution in [2.75, 3.05) is 16.8 Å². The molecule has 4 rings (SSSR count). The molecule has 0 saturated carbocycles. The van der Waals surface area contributed by atoms with Crippen LogP contribution in [0.2, 0.25) is 0 Å². The van der Waals surface area contributed by atoms with E-state index in [9.17, 15) is 18.8 Å². The lowest BCUT2D eigenvalue weighted by Crippen LogP contribution is -2.69. The van der Waals surface area contributed by atoms with Gasteiger partial charge < -0.3 is 10.2 Å². The van der Waals surface area contributed by atoms with Gasteiger partial charge in [0.25, 0.3) is 11.8 Å². The summed E-state index contributed by atoms with van der Waals surface area (Å²) in [5, 5.41) is 2.73. The van der Waals surface area contributed by atoms with Crippen LogP contribution in [0.5, 0.6) is 0 Å². The van der Waals surface area contributed by atoms with Gasteiger partial charge in [0.15, 0.2) is 0 Å². The fourth-order valence-corrected chi connectivity index (χ4v) is 3.93. The van der Waals surface area contributed by atoms with E-state index in [-0.39, 0.29) is 31.2 Å². The smallest absolute Gasteiger partial charge is 0.271 e. The third-order valence-corrected chi connectivity index (χ3v) is 5.15. The lowest BCUT2D eigenvalue weighted by atomic mass is 9.95. The Morgan fingerprint density at radius 3 is 2.61 bits per heavy atom.